The van der Waals surface area contributed by atoms with Gasteiger partial charge in [-0.15, -0.1) is 0 Å². The molecule has 0 amide bonds. The molecule has 1 heteroatoms. The highest BCUT2D eigenvalue weighted by Crippen LogP contribution is 2.40. The third kappa shape index (κ3) is 2.40. The fraction of sp³-hybridized carbons (Fsp3) is 0.571. The van der Waals surface area contributed by atoms with Crippen molar-refractivity contribution in [3.05, 3.63) is 35.4 Å². The summed E-state index contributed by atoms with van der Waals surface area (Å²) in [5, 5.41) is 0. The van der Waals surface area contributed by atoms with Gasteiger partial charge in [0.2, 0.25) is 0 Å². The Bertz CT molecular complexity index is 305. The molecule has 0 unspecified atom stereocenters. The second-order valence-electron chi connectivity index (χ2n) is 5.18. The molecule has 2 N–H and O–H groups in total. The van der Waals surface area contributed by atoms with Crippen LogP contribution in [0, 0.1) is 5.41 Å². The third-order valence-electron chi connectivity index (χ3n) is 3.59. The Labute approximate surface area is 92.7 Å². The molecule has 0 atom stereocenters. The van der Waals surface area contributed by atoms with Gasteiger partial charge in [0.1, 0.15) is 0 Å². The van der Waals surface area contributed by atoms with Crippen molar-refractivity contribution in [1.29, 1.82) is 0 Å². The van der Waals surface area contributed by atoms with Crippen molar-refractivity contribution in [2.45, 2.75) is 39.0 Å². The van der Waals surface area contributed by atoms with Crippen LogP contribution in [0.25, 0.3) is 0 Å². The van der Waals surface area contributed by atoms with Crippen molar-refractivity contribution in [2.75, 3.05) is 6.54 Å². The second-order valence-corrected chi connectivity index (χ2v) is 5.18. The second kappa shape index (κ2) is 4.36. The Kier molecular flexibility index (Phi) is 3.11. The first-order chi connectivity index (χ1) is 7.23. The summed E-state index contributed by atoms with van der Waals surface area (Å²) in [6, 6.07) is 8.88. The highest BCUT2D eigenvalue weighted by atomic mass is 14.5. The van der Waals surface area contributed by atoms with E-state index in [9.17, 15) is 0 Å². The number of hydrogen-bond acceptors (Lipinski definition) is 1. The lowest BCUT2D eigenvalue weighted by molar-refractivity contribution is 0.305. The summed E-state index contributed by atoms with van der Waals surface area (Å²) >= 11 is 0. The molecular formula is C14H21N. The van der Waals surface area contributed by atoms with Gasteiger partial charge in [-0.05, 0) is 48.8 Å². The van der Waals surface area contributed by atoms with E-state index >= 15 is 0 Å². The smallest absolute Gasteiger partial charge is 0.00773 e. The number of nitrogens with two attached hydrogens (primary N) is 1. The van der Waals surface area contributed by atoms with Gasteiger partial charge in [-0.1, -0.05) is 37.6 Å². The predicted molar refractivity (Wildman–Crippen MR) is 64.9 cm³/mol. The van der Waals surface area contributed by atoms with E-state index in [4.69, 9.17) is 5.73 Å². The van der Waals surface area contributed by atoms with Gasteiger partial charge in [-0.25, -0.2) is 0 Å². The zero-order chi connectivity index (χ0) is 10.7. The van der Waals surface area contributed by atoms with Crippen molar-refractivity contribution in [2.24, 2.45) is 11.1 Å². The van der Waals surface area contributed by atoms with E-state index in [2.05, 4.69) is 31.2 Å². The molecule has 0 spiro atoms. The van der Waals surface area contributed by atoms with Gasteiger partial charge < -0.3 is 5.73 Å². The first kappa shape index (κ1) is 10.7. The maximum atomic E-state index is 5.54. The van der Waals surface area contributed by atoms with Crippen molar-refractivity contribution >= 4 is 0 Å². The van der Waals surface area contributed by atoms with Crippen LogP contribution in [-0.2, 0) is 12.8 Å². The van der Waals surface area contributed by atoms with Gasteiger partial charge in [0, 0.05) is 0 Å². The molecule has 0 radical (unpaired) electrons. The third-order valence-corrected chi connectivity index (χ3v) is 3.59. The van der Waals surface area contributed by atoms with Crippen LogP contribution in [0.4, 0.5) is 0 Å². The van der Waals surface area contributed by atoms with Crippen LogP contribution in [-0.4, -0.2) is 6.54 Å². The molecule has 0 aromatic heterocycles. The van der Waals surface area contributed by atoms with Crippen molar-refractivity contribution in [3.8, 4) is 0 Å². The molecule has 2 rings (SSSR count). The van der Waals surface area contributed by atoms with E-state index in [1.807, 2.05) is 0 Å². The van der Waals surface area contributed by atoms with Crippen molar-refractivity contribution in [1.82, 2.24) is 0 Å². The summed E-state index contributed by atoms with van der Waals surface area (Å²) in [6.45, 7) is 3.26. The minimum Gasteiger partial charge on any atom is -0.330 e. The van der Waals surface area contributed by atoms with Crippen LogP contribution >= 0.6 is 0 Å². The highest BCUT2D eigenvalue weighted by Gasteiger charge is 2.31. The first-order valence-corrected chi connectivity index (χ1v) is 6.00. The Balaban J connectivity index is 1.98. The SMILES string of the molecule is CC1(CCCCN)Cc2ccccc2C1. The Hall–Kier alpha value is -0.820. The molecule has 1 aromatic rings. The fourth-order valence-corrected chi connectivity index (χ4v) is 2.76. The number of fused-ring (bicyclic) bond motifs is 1. The normalized spacial score (nSPS) is 17.7. The number of hydrogen-bond donors (Lipinski definition) is 1. The van der Waals surface area contributed by atoms with Crippen LogP contribution in [0.2, 0.25) is 0 Å². The minimum absolute atomic E-state index is 0.499. The Morgan fingerprint density at radius 2 is 1.73 bits per heavy atom. The van der Waals surface area contributed by atoms with Crippen molar-refractivity contribution < 1.29 is 0 Å². The van der Waals surface area contributed by atoms with Crippen molar-refractivity contribution in [3.63, 3.8) is 0 Å². The lowest BCUT2D eigenvalue weighted by Crippen LogP contribution is -2.16. The van der Waals surface area contributed by atoms with Crippen LogP contribution in [0.5, 0.6) is 0 Å². The van der Waals surface area contributed by atoms with Crippen LogP contribution in [0.3, 0.4) is 0 Å². The van der Waals surface area contributed by atoms with Crippen LogP contribution < -0.4 is 5.73 Å². The molecule has 0 bridgehead atoms. The molecule has 0 aliphatic heterocycles. The molecule has 1 aromatic carbocycles. The molecule has 15 heavy (non-hydrogen) atoms. The quantitative estimate of drug-likeness (QED) is 0.748. The lowest BCUT2D eigenvalue weighted by atomic mass is 9.82. The maximum Gasteiger partial charge on any atom is -0.00773 e. The molecule has 0 saturated heterocycles. The first-order valence-electron chi connectivity index (χ1n) is 6.00. The summed E-state index contributed by atoms with van der Waals surface area (Å²) in [6.07, 6.45) is 6.29. The van der Waals surface area contributed by atoms with Gasteiger partial charge in [-0.2, -0.15) is 0 Å². The van der Waals surface area contributed by atoms with E-state index in [0.717, 1.165) is 6.54 Å². The average Bonchev–Trinajstić information content (AvgIpc) is 2.54. The molecule has 82 valence electrons. The molecule has 0 heterocycles. The highest BCUT2D eigenvalue weighted by molar-refractivity contribution is 5.33. The Morgan fingerprint density at radius 3 is 2.27 bits per heavy atom. The predicted octanol–water partition coefficient (Wildman–Crippen LogP) is 2.92. The molecule has 0 saturated carbocycles. The summed E-state index contributed by atoms with van der Waals surface area (Å²) in [7, 11) is 0. The lowest BCUT2D eigenvalue weighted by Gasteiger charge is -2.23. The maximum absolute atomic E-state index is 5.54. The standard InChI is InChI=1S/C14H21N/c1-14(8-4-5-9-15)10-12-6-2-3-7-13(12)11-14/h2-3,6-7H,4-5,8-11,15H2,1H3. The van der Waals surface area contributed by atoms with E-state index in [1.54, 1.807) is 11.1 Å². The summed E-state index contributed by atoms with van der Waals surface area (Å²) in [5.41, 5.74) is 9.16. The molecule has 1 nitrogen and oxygen atoms in total. The summed E-state index contributed by atoms with van der Waals surface area (Å²) < 4.78 is 0. The molecule has 1 aliphatic carbocycles. The largest absolute Gasteiger partial charge is 0.330 e. The molecule has 0 fully saturated rings. The summed E-state index contributed by atoms with van der Waals surface area (Å²) in [5.74, 6) is 0. The monoisotopic (exact) mass is 203 g/mol. The number of unbranched alkanes of at least 4 members (excludes halogenated alkanes) is 1. The average molecular weight is 203 g/mol. The van der Waals surface area contributed by atoms with E-state index in [1.165, 1.54) is 32.1 Å². The van der Waals surface area contributed by atoms with E-state index < -0.39 is 0 Å². The molecule has 1 aliphatic rings. The molecular weight excluding hydrogens is 182 g/mol. The van der Waals surface area contributed by atoms with E-state index in [0.29, 0.717) is 5.41 Å². The zero-order valence-electron chi connectivity index (χ0n) is 9.63. The van der Waals surface area contributed by atoms with Gasteiger partial charge >= 0.3 is 0 Å². The van der Waals surface area contributed by atoms with Gasteiger partial charge in [-0.3, -0.25) is 0 Å². The topological polar surface area (TPSA) is 26.0 Å². The zero-order valence-corrected chi connectivity index (χ0v) is 9.63. The van der Waals surface area contributed by atoms with Crippen LogP contribution in [0.1, 0.15) is 37.3 Å². The Morgan fingerprint density at radius 1 is 1.13 bits per heavy atom. The number of benzene rings is 1. The van der Waals surface area contributed by atoms with Gasteiger partial charge in [0.05, 0.1) is 0 Å². The van der Waals surface area contributed by atoms with Gasteiger partial charge in [0.25, 0.3) is 0 Å². The van der Waals surface area contributed by atoms with Crippen LogP contribution in [0.15, 0.2) is 24.3 Å². The number of rotatable bonds is 4. The van der Waals surface area contributed by atoms with Gasteiger partial charge in [0.15, 0.2) is 0 Å². The summed E-state index contributed by atoms with van der Waals surface area (Å²) in [4.78, 5) is 0. The van der Waals surface area contributed by atoms with E-state index in [-0.39, 0.29) is 0 Å². The minimum atomic E-state index is 0.499. The fourth-order valence-electron chi connectivity index (χ4n) is 2.76.